The summed E-state index contributed by atoms with van der Waals surface area (Å²) in [6, 6.07) is 0. The maximum Gasteiger partial charge on any atom is 0.122 e. The van der Waals surface area contributed by atoms with Gasteiger partial charge in [0.1, 0.15) is 11.9 Å². The number of hydrogen-bond donors (Lipinski definition) is 0. The molecule has 0 bridgehead atoms. The third-order valence-electron chi connectivity index (χ3n) is 1.71. The SMILES string of the molecule is C=CC1=C(/C=C\C)CC(C)O1.CC. The van der Waals surface area contributed by atoms with E-state index in [2.05, 4.69) is 19.6 Å². The highest BCUT2D eigenvalue weighted by atomic mass is 16.5. The lowest BCUT2D eigenvalue weighted by atomic mass is 10.1. The predicted octanol–water partition coefficient (Wildman–Crippen LogP) is 3.84. The minimum Gasteiger partial charge on any atom is -0.490 e. The van der Waals surface area contributed by atoms with E-state index in [-0.39, 0.29) is 0 Å². The van der Waals surface area contributed by atoms with Crippen molar-refractivity contribution in [3.05, 3.63) is 36.1 Å². The topological polar surface area (TPSA) is 9.23 Å². The fraction of sp³-hybridized carbons (Fsp3) is 0.500. The van der Waals surface area contributed by atoms with Crippen molar-refractivity contribution >= 4 is 0 Å². The minimum atomic E-state index is 0.314. The Labute approximate surface area is 81.8 Å². The van der Waals surface area contributed by atoms with E-state index >= 15 is 0 Å². The van der Waals surface area contributed by atoms with E-state index in [1.165, 1.54) is 5.57 Å². The zero-order valence-corrected chi connectivity index (χ0v) is 9.13. The van der Waals surface area contributed by atoms with E-state index in [9.17, 15) is 0 Å². The van der Waals surface area contributed by atoms with E-state index < -0.39 is 0 Å². The molecule has 0 aromatic carbocycles. The van der Waals surface area contributed by atoms with Gasteiger partial charge in [0, 0.05) is 6.42 Å². The summed E-state index contributed by atoms with van der Waals surface area (Å²) in [5, 5.41) is 0. The van der Waals surface area contributed by atoms with Crippen molar-refractivity contribution in [2.45, 2.75) is 40.2 Å². The fourth-order valence-corrected chi connectivity index (χ4v) is 1.27. The van der Waals surface area contributed by atoms with Gasteiger partial charge in [-0.2, -0.15) is 0 Å². The Morgan fingerprint density at radius 1 is 1.46 bits per heavy atom. The van der Waals surface area contributed by atoms with E-state index in [0.29, 0.717) is 6.10 Å². The first kappa shape index (κ1) is 12.0. The highest BCUT2D eigenvalue weighted by molar-refractivity contribution is 5.31. The van der Waals surface area contributed by atoms with Crippen molar-refractivity contribution < 1.29 is 4.74 Å². The molecule has 74 valence electrons. The van der Waals surface area contributed by atoms with Crippen LogP contribution in [0.25, 0.3) is 0 Å². The first-order valence-electron chi connectivity index (χ1n) is 4.93. The van der Waals surface area contributed by atoms with Crippen molar-refractivity contribution in [3.63, 3.8) is 0 Å². The van der Waals surface area contributed by atoms with E-state index in [1.54, 1.807) is 6.08 Å². The molecule has 1 rings (SSSR count). The molecule has 0 aliphatic carbocycles. The second-order valence-corrected chi connectivity index (χ2v) is 2.73. The summed E-state index contributed by atoms with van der Waals surface area (Å²) in [5.41, 5.74) is 1.26. The Bertz CT molecular complexity index is 211. The van der Waals surface area contributed by atoms with Crippen LogP contribution in [0.2, 0.25) is 0 Å². The fourth-order valence-electron chi connectivity index (χ4n) is 1.27. The van der Waals surface area contributed by atoms with Crippen LogP contribution in [0, 0.1) is 0 Å². The molecule has 0 N–H and O–H groups in total. The monoisotopic (exact) mass is 180 g/mol. The molecule has 1 heteroatoms. The zero-order valence-electron chi connectivity index (χ0n) is 9.13. The maximum atomic E-state index is 5.49. The van der Waals surface area contributed by atoms with Gasteiger partial charge in [-0.3, -0.25) is 0 Å². The van der Waals surface area contributed by atoms with E-state index in [1.807, 2.05) is 26.8 Å². The van der Waals surface area contributed by atoms with Crippen molar-refractivity contribution in [1.82, 2.24) is 0 Å². The van der Waals surface area contributed by atoms with Crippen LogP contribution in [0.5, 0.6) is 0 Å². The Morgan fingerprint density at radius 3 is 2.54 bits per heavy atom. The molecule has 0 saturated carbocycles. The molecule has 0 saturated heterocycles. The second kappa shape index (κ2) is 6.53. The standard InChI is InChI=1S/C10H14O.C2H6/c1-4-6-9-7-8(3)11-10(9)5-2;1-2/h4-6,8H,2,7H2,1,3H3;1-2H3/b6-4-;. The van der Waals surface area contributed by atoms with Crippen LogP contribution >= 0.6 is 0 Å². The summed E-state index contributed by atoms with van der Waals surface area (Å²) in [7, 11) is 0. The van der Waals surface area contributed by atoms with Crippen LogP contribution in [0.15, 0.2) is 36.1 Å². The quantitative estimate of drug-likeness (QED) is 0.627. The Hall–Kier alpha value is -0.980. The Morgan fingerprint density at radius 2 is 2.08 bits per heavy atom. The number of allylic oxidation sites excluding steroid dienone is 3. The van der Waals surface area contributed by atoms with Crippen molar-refractivity contribution in [2.75, 3.05) is 0 Å². The Balaban J connectivity index is 0.000000671. The second-order valence-electron chi connectivity index (χ2n) is 2.73. The summed E-state index contributed by atoms with van der Waals surface area (Å²) in [5.74, 6) is 0.940. The van der Waals surface area contributed by atoms with E-state index in [0.717, 1.165) is 12.2 Å². The van der Waals surface area contributed by atoms with Crippen molar-refractivity contribution in [2.24, 2.45) is 0 Å². The average molecular weight is 180 g/mol. The van der Waals surface area contributed by atoms with Gasteiger partial charge in [0.25, 0.3) is 0 Å². The number of ether oxygens (including phenoxy) is 1. The zero-order chi connectivity index (χ0) is 10.3. The molecular weight excluding hydrogens is 160 g/mol. The van der Waals surface area contributed by atoms with Crippen LogP contribution in [0.4, 0.5) is 0 Å². The molecule has 0 aromatic heterocycles. The van der Waals surface area contributed by atoms with Gasteiger partial charge in [0.15, 0.2) is 0 Å². The molecule has 1 nitrogen and oxygen atoms in total. The van der Waals surface area contributed by atoms with Gasteiger partial charge in [-0.15, -0.1) is 0 Å². The van der Waals surface area contributed by atoms with Crippen LogP contribution in [0.3, 0.4) is 0 Å². The minimum absolute atomic E-state index is 0.314. The number of hydrogen-bond acceptors (Lipinski definition) is 1. The molecular formula is C12H20O. The maximum absolute atomic E-state index is 5.49. The van der Waals surface area contributed by atoms with Crippen molar-refractivity contribution in [3.8, 4) is 0 Å². The molecule has 0 fully saturated rings. The van der Waals surface area contributed by atoms with Crippen LogP contribution < -0.4 is 0 Å². The molecule has 0 aromatic rings. The van der Waals surface area contributed by atoms with Crippen molar-refractivity contribution in [1.29, 1.82) is 0 Å². The van der Waals surface area contributed by atoms with Gasteiger partial charge in [0.2, 0.25) is 0 Å². The average Bonchev–Trinajstić information content (AvgIpc) is 2.50. The van der Waals surface area contributed by atoms with Gasteiger partial charge in [-0.05, 0) is 25.5 Å². The summed E-state index contributed by atoms with van der Waals surface area (Å²) in [6.45, 7) is 11.8. The number of rotatable bonds is 2. The lowest BCUT2D eigenvalue weighted by Crippen LogP contribution is -1.96. The predicted molar refractivity (Wildman–Crippen MR) is 58.5 cm³/mol. The molecule has 0 spiro atoms. The molecule has 1 aliphatic heterocycles. The lowest BCUT2D eigenvalue weighted by Gasteiger charge is -2.02. The molecule has 0 radical (unpaired) electrons. The molecule has 1 unspecified atom stereocenters. The summed E-state index contributed by atoms with van der Waals surface area (Å²) in [6.07, 6.45) is 7.21. The Kier molecular flexibility index (Phi) is 6.03. The highest BCUT2D eigenvalue weighted by Crippen LogP contribution is 2.25. The first-order chi connectivity index (χ1) is 6.27. The van der Waals surface area contributed by atoms with Gasteiger partial charge >= 0.3 is 0 Å². The van der Waals surface area contributed by atoms with Gasteiger partial charge in [-0.25, -0.2) is 0 Å². The van der Waals surface area contributed by atoms with Gasteiger partial charge in [0.05, 0.1) is 0 Å². The molecule has 13 heavy (non-hydrogen) atoms. The summed E-state index contributed by atoms with van der Waals surface area (Å²) >= 11 is 0. The largest absolute Gasteiger partial charge is 0.490 e. The third-order valence-corrected chi connectivity index (χ3v) is 1.71. The first-order valence-corrected chi connectivity index (χ1v) is 4.93. The smallest absolute Gasteiger partial charge is 0.122 e. The van der Waals surface area contributed by atoms with E-state index in [4.69, 9.17) is 4.74 Å². The van der Waals surface area contributed by atoms with Gasteiger partial charge in [-0.1, -0.05) is 32.6 Å². The molecule has 1 aliphatic rings. The lowest BCUT2D eigenvalue weighted by molar-refractivity contribution is 0.170. The summed E-state index contributed by atoms with van der Waals surface area (Å²) < 4.78 is 5.49. The van der Waals surface area contributed by atoms with Crippen LogP contribution in [0.1, 0.15) is 34.1 Å². The normalized spacial score (nSPS) is 21.1. The summed E-state index contributed by atoms with van der Waals surface area (Å²) in [4.78, 5) is 0. The highest BCUT2D eigenvalue weighted by Gasteiger charge is 2.17. The third kappa shape index (κ3) is 3.49. The van der Waals surface area contributed by atoms with Crippen LogP contribution in [-0.2, 0) is 4.74 Å². The van der Waals surface area contributed by atoms with Gasteiger partial charge < -0.3 is 4.74 Å². The molecule has 0 amide bonds. The molecule has 1 heterocycles. The molecule has 1 atom stereocenters. The van der Waals surface area contributed by atoms with Crippen LogP contribution in [-0.4, -0.2) is 6.10 Å².